The zero-order valence-corrected chi connectivity index (χ0v) is 18.0. The Kier molecular flexibility index (Phi) is 5.24. The normalized spacial score (nSPS) is 34.0. The summed E-state index contributed by atoms with van der Waals surface area (Å²) in [6.45, 7) is 12.0. The molecule has 1 aromatic carbocycles. The predicted molar refractivity (Wildman–Crippen MR) is 116 cm³/mol. The molecule has 0 radical (unpaired) electrons. The van der Waals surface area contributed by atoms with Crippen LogP contribution in [0.15, 0.2) is 18.2 Å². The molecule has 27 heavy (non-hydrogen) atoms. The van der Waals surface area contributed by atoms with Gasteiger partial charge in [-0.05, 0) is 113 Å². The summed E-state index contributed by atoms with van der Waals surface area (Å²) < 4.78 is 0. The molecule has 0 bridgehead atoms. The summed E-state index contributed by atoms with van der Waals surface area (Å²) in [6, 6.07) is 7.81. The van der Waals surface area contributed by atoms with Crippen molar-refractivity contribution in [1.82, 2.24) is 10.2 Å². The topological polar surface area (TPSA) is 15.3 Å². The fourth-order valence-corrected chi connectivity index (χ4v) is 5.67. The molecule has 2 heterocycles. The molecule has 3 unspecified atom stereocenters. The predicted octanol–water partition coefficient (Wildman–Crippen LogP) is 3.84. The Morgan fingerprint density at radius 1 is 1.15 bits per heavy atom. The Hall–Kier alpha value is -1.12. The SMILES string of the molecule is CC1=c2cc(C3CC[C@H](C)CN3)ccc2=CCC1C1CCN(C)C(C)(C)C1. The van der Waals surface area contributed by atoms with E-state index in [0.717, 1.165) is 24.3 Å². The summed E-state index contributed by atoms with van der Waals surface area (Å²) in [6.07, 6.45) is 9.01. The van der Waals surface area contributed by atoms with E-state index in [2.05, 4.69) is 69.2 Å². The zero-order valence-electron chi connectivity index (χ0n) is 18.0. The quantitative estimate of drug-likeness (QED) is 0.855. The molecule has 1 N–H and O–H groups in total. The maximum Gasteiger partial charge on any atom is 0.0320 e. The molecule has 0 aromatic heterocycles. The number of nitrogens with one attached hydrogen (secondary N) is 1. The molecule has 2 heteroatoms. The standard InChI is InChI=1S/C25H38N2/c1-17-6-11-24(26-16-17)20-8-7-19-9-10-22(18(2)23(19)14-20)21-12-13-27(5)25(3,4)15-21/h7-9,14,17,21-22,24,26H,6,10-13,15-16H2,1-5H3/t17-,21?,22?,24?/m0/s1. The van der Waals surface area contributed by atoms with Gasteiger partial charge in [0.05, 0.1) is 0 Å². The van der Waals surface area contributed by atoms with E-state index < -0.39 is 0 Å². The number of rotatable bonds is 2. The number of likely N-dealkylation sites (tertiary alicyclic amines) is 1. The fourth-order valence-electron chi connectivity index (χ4n) is 5.67. The van der Waals surface area contributed by atoms with E-state index in [9.17, 15) is 0 Å². The molecule has 4 atom stereocenters. The van der Waals surface area contributed by atoms with Gasteiger partial charge in [-0.3, -0.25) is 0 Å². The second kappa shape index (κ2) is 7.37. The van der Waals surface area contributed by atoms with Crippen molar-refractivity contribution in [2.24, 2.45) is 17.8 Å². The minimum Gasteiger partial charge on any atom is -0.310 e. The van der Waals surface area contributed by atoms with Gasteiger partial charge >= 0.3 is 0 Å². The molecule has 2 nitrogen and oxygen atoms in total. The Labute approximate surface area is 165 Å². The molecular formula is C25H38N2. The van der Waals surface area contributed by atoms with Gasteiger partial charge in [-0.2, -0.15) is 0 Å². The van der Waals surface area contributed by atoms with Crippen LogP contribution in [0.2, 0.25) is 0 Å². The highest BCUT2D eigenvalue weighted by Crippen LogP contribution is 2.39. The summed E-state index contributed by atoms with van der Waals surface area (Å²) in [5.74, 6) is 2.36. The van der Waals surface area contributed by atoms with Crippen molar-refractivity contribution in [3.05, 3.63) is 34.2 Å². The van der Waals surface area contributed by atoms with Crippen molar-refractivity contribution >= 4 is 11.6 Å². The number of benzene rings is 1. The molecule has 1 aliphatic carbocycles. The molecule has 4 rings (SSSR count). The van der Waals surface area contributed by atoms with Crippen molar-refractivity contribution in [3.8, 4) is 0 Å². The maximum atomic E-state index is 3.77. The average Bonchev–Trinajstić information content (AvgIpc) is 2.65. The molecule has 2 saturated heterocycles. The Balaban J connectivity index is 1.62. The van der Waals surface area contributed by atoms with E-state index in [4.69, 9.17) is 0 Å². The van der Waals surface area contributed by atoms with Crippen LogP contribution in [0.4, 0.5) is 0 Å². The average molecular weight is 367 g/mol. The largest absolute Gasteiger partial charge is 0.310 e. The van der Waals surface area contributed by atoms with Crippen molar-refractivity contribution in [3.63, 3.8) is 0 Å². The van der Waals surface area contributed by atoms with Gasteiger partial charge in [-0.1, -0.05) is 30.7 Å². The summed E-state index contributed by atoms with van der Waals surface area (Å²) in [4.78, 5) is 2.55. The van der Waals surface area contributed by atoms with Crippen molar-refractivity contribution < 1.29 is 0 Å². The molecular weight excluding hydrogens is 328 g/mol. The van der Waals surface area contributed by atoms with Gasteiger partial charge in [0.25, 0.3) is 0 Å². The third kappa shape index (κ3) is 3.76. The first-order valence-corrected chi connectivity index (χ1v) is 11.1. The molecule has 148 valence electrons. The minimum absolute atomic E-state index is 0.327. The van der Waals surface area contributed by atoms with Crippen LogP contribution in [-0.4, -0.2) is 30.6 Å². The molecule has 0 saturated carbocycles. The second-order valence-electron chi connectivity index (χ2n) is 10.2. The van der Waals surface area contributed by atoms with Crippen LogP contribution in [0.1, 0.15) is 71.4 Å². The third-order valence-electron chi connectivity index (χ3n) is 7.91. The van der Waals surface area contributed by atoms with Crippen molar-refractivity contribution in [2.75, 3.05) is 20.1 Å². The van der Waals surface area contributed by atoms with Gasteiger partial charge in [-0.25, -0.2) is 0 Å². The number of hydrogen-bond acceptors (Lipinski definition) is 2. The molecule has 3 aliphatic rings. The Bertz CT molecular complexity index is 798. The lowest BCUT2D eigenvalue weighted by Crippen LogP contribution is -2.49. The van der Waals surface area contributed by atoms with Gasteiger partial charge in [-0.15, -0.1) is 0 Å². The lowest BCUT2D eigenvalue weighted by molar-refractivity contribution is 0.0595. The van der Waals surface area contributed by atoms with Crippen molar-refractivity contribution in [1.29, 1.82) is 0 Å². The highest BCUT2D eigenvalue weighted by Gasteiger charge is 2.36. The minimum atomic E-state index is 0.327. The van der Waals surface area contributed by atoms with Gasteiger partial charge < -0.3 is 10.2 Å². The second-order valence-corrected chi connectivity index (χ2v) is 10.2. The van der Waals surface area contributed by atoms with E-state index in [1.54, 1.807) is 5.57 Å². The van der Waals surface area contributed by atoms with Crippen LogP contribution in [0.25, 0.3) is 11.6 Å². The lowest BCUT2D eigenvalue weighted by atomic mass is 9.71. The summed E-state index contributed by atoms with van der Waals surface area (Å²) in [5.41, 5.74) is 3.47. The Morgan fingerprint density at radius 3 is 2.67 bits per heavy atom. The van der Waals surface area contributed by atoms with Crippen LogP contribution in [0.5, 0.6) is 0 Å². The van der Waals surface area contributed by atoms with Crippen LogP contribution < -0.4 is 15.8 Å². The molecule has 1 aromatic rings. The number of nitrogens with zero attached hydrogens (tertiary/aromatic N) is 1. The summed E-state index contributed by atoms with van der Waals surface area (Å²) in [7, 11) is 2.29. The molecule has 2 fully saturated rings. The van der Waals surface area contributed by atoms with E-state index in [1.165, 1.54) is 54.6 Å². The first kappa shape index (κ1) is 19.2. The fraction of sp³-hybridized carbons (Fsp3) is 0.680. The van der Waals surface area contributed by atoms with Crippen LogP contribution in [0, 0.1) is 17.8 Å². The van der Waals surface area contributed by atoms with E-state index in [1.807, 2.05) is 0 Å². The highest BCUT2D eigenvalue weighted by atomic mass is 15.2. The first-order chi connectivity index (χ1) is 12.8. The van der Waals surface area contributed by atoms with E-state index >= 15 is 0 Å². The van der Waals surface area contributed by atoms with Crippen LogP contribution in [0.3, 0.4) is 0 Å². The maximum absolute atomic E-state index is 3.77. The van der Waals surface area contributed by atoms with E-state index in [0.29, 0.717) is 11.6 Å². The van der Waals surface area contributed by atoms with Gasteiger partial charge in [0, 0.05) is 11.6 Å². The lowest BCUT2D eigenvalue weighted by Gasteiger charge is -2.46. The molecule has 2 aliphatic heterocycles. The summed E-state index contributed by atoms with van der Waals surface area (Å²) in [5, 5.41) is 6.76. The highest BCUT2D eigenvalue weighted by molar-refractivity contribution is 5.53. The number of piperidine rings is 2. The zero-order chi connectivity index (χ0) is 19.2. The molecule has 0 amide bonds. The van der Waals surface area contributed by atoms with Gasteiger partial charge in [0.2, 0.25) is 0 Å². The van der Waals surface area contributed by atoms with Crippen LogP contribution in [-0.2, 0) is 0 Å². The number of hydrogen-bond donors (Lipinski definition) is 1. The summed E-state index contributed by atoms with van der Waals surface area (Å²) >= 11 is 0. The van der Waals surface area contributed by atoms with Crippen LogP contribution >= 0.6 is 0 Å². The smallest absolute Gasteiger partial charge is 0.0320 e. The van der Waals surface area contributed by atoms with E-state index in [-0.39, 0.29) is 0 Å². The monoisotopic (exact) mass is 366 g/mol. The first-order valence-electron chi connectivity index (χ1n) is 11.1. The van der Waals surface area contributed by atoms with Gasteiger partial charge in [0.1, 0.15) is 0 Å². The van der Waals surface area contributed by atoms with Gasteiger partial charge in [0.15, 0.2) is 0 Å². The molecule has 0 spiro atoms. The van der Waals surface area contributed by atoms with Crippen molar-refractivity contribution in [2.45, 2.75) is 71.4 Å². The third-order valence-corrected chi connectivity index (χ3v) is 7.91. The number of fused-ring (bicyclic) bond motifs is 1. The Morgan fingerprint density at radius 2 is 1.96 bits per heavy atom.